The standard InChI is InChI=1S/C23H24OPS/c1-2-18-26-23(24)19-25(20-12-6-3-7-13-20,21-14-8-4-9-15-21)22-16-10-5-11-17-22/h3-17H,2,18-19H2,1H3/q+1. The van der Waals surface area contributed by atoms with Gasteiger partial charge in [-0.2, -0.15) is 0 Å². The van der Waals surface area contributed by atoms with Gasteiger partial charge in [0.2, 0.25) is 5.12 Å². The highest BCUT2D eigenvalue weighted by molar-refractivity contribution is 8.15. The van der Waals surface area contributed by atoms with Gasteiger partial charge in [-0.15, -0.1) is 0 Å². The van der Waals surface area contributed by atoms with Crippen molar-refractivity contribution in [2.24, 2.45) is 0 Å². The van der Waals surface area contributed by atoms with Crippen LogP contribution in [0.3, 0.4) is 0 Å². The molecule has 0 aromatic heterocycles. The molecular formula is C23H24OPS+. The summed E-state index contributed by atoms with van der Waals surface area (Å²) in [6.45, 7) is 2.12. The fraction of sp³-hybridized carbons (Fsp3) is 0.174. The average molecular weight is 379 g/mol. The molecule has 1 nitrogen and oxygen atoms in total. The van der Waals surface area contributed by atoms with E-state index >= 15 is 0 Å². The fourth-order valence-electron chi connectivity index (χ4n) is 3.22. The van der Waals surface area contributed by atoms with Crippen LogP contribution in [0.4, 0.5) is 0 Å². The highest BCUT2D eigenvalue weighted by Gasteiger charge is 2.47. The van der Waals surface area contributed by atoms with E-state index in [-0.39, 0.29) is 5.12 Å². The Morgan fingerprint density at radius 3 is 1.46 bits per heavy atom. The molecule has 0 atom stereocenters. The summed E-state index contributed by atoms with van der Waals surface area (Å²) in [4.78, 5) is 12.9. The summed E-state index contributed by atoms with van der Waals surface area (Å²) in [5, 5.41) is 4.09. The maximum atomic E-state index is 12.9. The number of benzene rings is 3. The van der Waals surface area contributed by atoms with E-state index in [9.17, 15) is 4.79 Å². The Labute approximate surface area is 161 Å². The average Bonchev–Trinajstić information content (AvgIpc) is 2.72. The number of thioether (sulfide) groups is 1. The summed E-state index contributed by atoms with van der Waals surface area (Å²) in [5.74, 6) is 0.886. The monoisotopic (exact) mass is 379 g/mol. The van der Waals surface area contributed by atoms with E-state index < -0.39 is 7.26 Å². The Bertz CT molecular complexity index is 722. The van der Waals surface area contributed by atoms with Gasteiger partial charge >= 0.3 is 0 Å². The van der Waals surface area contributed by atoms with E-state index in [1.54, 1.807) is 0 Å². The Hall–Kier alpha value is -1.89. The number of rotatable bonds is 7. The molecule has 3 aromatic rings. The molecule has 0 amide bonds. The molecule has 0 aliphatic rings. The molecule has 3 heteroatoms. The highest BCUT2D eigenvalue weighted by Crippen LogP contribution is 2.55. The van der Waals surface area contributed by atoms with Gasteiger partial charge in [-0.25, -0.2) is 0 Å². The first-order valence-corrected chi connectivity index (χ1v) is 11.9. The smallest absolute Gasteiger partial charge is 0.227 e. The molecule has 132 valence electrons. The van der Waals surface area contributed by atoms with Crippen LogP contribution in [-0.4, -0.2) is 17.0 Å². The van der Waals surface area contributed by atoms with Gasteiger partial charge in [-0.05, 0) is 42.8 Å². The Morgan fingerprint density at radius 1 is 0.731 bits per heavy atom. The second kappa shape index (κ2) is 9.16. The zero-order valence-corrected chi connectivity index (χ0v) is 16.8. The number of hydrogen-bond donors (Lipinski definition) is 0. The van der Waals surface area contributed by atoms with Crippen molar-refractivity contribution in [1.29, 1.82) is 0 Å². The molecule has 3 rings (SSSR count). The van der Waals surface area contributed by atoms with Gasteiger partial charge in [0.15, 0.2) is 0 Å². The van der Waals surface area contributed by atoms with E-state index in [0.717, 1.165) is 12.2 Å². The zero-order chi connectivity index (χ0) is 18.2. The van der Waals surface area contributed by atoms with Crippen LogP contribution in [0.1, 0.15) is 13.3 Å². The van der Waals surface area contributed by atoms with Crippen molar-refractivity contribution in [3.05, 3.63) is 91.0 Å². The van der Waals surface area contributed by atoms with Crippen LogP contribution in [0.5, 0.6) is 0 Å². The minimum Gasteiger partial charge on any atom is -0.283 e. The van der Waals surface area contributed by atoms with Gasteiger partial charge in [-0.3, -0.25) is 4.79 Å². The maximum absolute atomic E-state index is 12.9. The van der Waals surface area contributed by atoms with Gasteiger partial charge in [0, 0.05) is 5.75 Å². The predicted molar refractivity (Wildman–Crippen MR) is 118 cm³/mol. The minimum absolute atomic E-state index is 0.289. The largest absolute Gasteiger partial charge is 0.283 e. The second-order valence-electron chi connectivity index (χ2n) is 6.19. The van der Waals surface area contributed by atoms with Gasteiger partial charge in [-0.1, -0.05) is 73.3 Å². The number of carbonyl (C=O) groups is 1. The molecule has 0 fully saturated rings. The molecule has 3 aromatic carbocycles. The first-order chi connectivity index (χ1) is 12.8. The summed E-state index contributed by atoms with van der Waals surface area (Å²) < 4.78 is 0. The number of carbonyl (C=O) groups excluding carboxylic acids is 1. The lowest BCUT2D eigenvalue weighted by Gasteiger charge is -2.26. The Balaban J connectivity index is 2.19. The van der Waals surface area contributed by atoms with Crippen LogP contribution in [0.15, 0.2) is 91.0 Å². The Morgan fingerprint density at radius 2 is 1.12 bits per heavy atom. The van der Waals surface area contributed by atoms with Crippen molar-refractivity contribution in [3.63, 3.8) is 0 Å². The lowest BCUT2D eigenvalue weighted by atomic mass is 10.4. The summed E-state index contributed by atoms with van der Waals surface area (Å²) in [7, 11) is -2.02. The van der Waals surface area contributed by atoms with Crippen LogP contribution in [0.2, 0.25) is 0 Å². The van der Waals surface area contributed by atoms with Crippen LogP contribution in [0, 0.1) is 0 Å². The second-order valence-corrected chi connectivity index (χ2v) is 10.8. The van der Waals surface area contributed by atoms with Gasteiger partial charge in [0.05, 0.1) is 0 Å². The van der Waals surface area contributed by atoms with E-state index in [4.69, 9.17) is 0 Å². The lowest BCUT2D eigenvalue weighted by Crippen LogP contribution is -2.35. The van der Waals surface area contributed by atoms with Crippen molar-refractivity contribution >= 4 is 40.1 Å². The third-order valence-electron chi connectivity index (χ3n) is 4.42. The topological polar surface area (TPSA) is 17.1 Å². The SMILES string of the molecule is CCCSC(=O)C[P+](c1ccccc1)(c1ccccc1)c1ccccc1. The highest BCUT2D eigenvalue weighted by atomic mass is 32.2. The molecule has 0 unspecified atom stereocenters. The van der Waals surface area contributed by atoms with E-state index in [1.807, 2.05) is 18.2 Å². The van der Waals surface area contributed by atoms with Crippen molar-refractivity contribution < 1.29 is 4.79 Å². The summed E-state index contributed by atoms with van der Waals surface area (Å²) in [5.41, 5.74) is 0. The first-order valence-electron chi connectivity index (χ1n) is 8.98. The molecule has 0 saturated heterocycles. The third kappa shape index (κ3) is 4.09. The molecule has 0 aliphatic carbocycles. The van der Waals surface area contributed by atoms with Crippen LogP contribution < -0.4 is 15.9 Å². The van der Waals surface area contributed by atoms with Gasteiger partial charge < -0.3 is 0 Å². The quantitative estimate of drug-likeness (QED) is 0.556. The molecule has 0 radical (unpaired) electrons. The lowest BCUT2D eigenvalue weighted by molar-refractivity contribution is -0.108. The summed E-state index contributed by atoms with van der Waals surface area (Å²) in [6.07, 6.45) is 1.58. The molecular weight excluding hydrogens is 355 g/mol. The fourth-order valence-corrected chi connectivity index (χ4v) is 8.47. The van der Waals surface area contributed by atoms with Crippen LogP contribution >= 0.6 is 19.0 Å². The van der Waals surface area contributed by atoms with E-state index in [2.05, 4.69) is 79.7 Å². The van der Waals surface area contributed by atoms with E-state index in [0.29, 0.717) is 6.16 Å². The molecule has 0 saturated carbocycles. The first kappa shape index (κ1) is 18.9. The Kier molecular flexibility index (Phi) is 6.66. The summed E-state index contributed by atoms with van der Waals surface area (Å²) in [6, 6.07) is 31.7. The maximum Gasteiger partial charge on any atom is 0.227 e. The van der Waals surface area contributed by atoms with E-state index in [1.165, 1.54) is 27.7 Å². The van der Waals surface area contributed by atoms with Crippen molar-refractivity contribution in [1.82, 2.24) is 0 Å². The van der Waals surface area contributed by atoms with Crippen molar-refractivity contribution in [2.45, 2.75) is 13.3 Å². The molecule has 0 heterocycles. The molecule has 0 spiro atoms. The molecule has 0 aliphatic heterocycles. The molecule has 0 N–H and O–H groups in total. The zero-order valence-electron chi connectivity index (χ0n) is 15.0. The third-order valence-corrected chi connectivity index (χ3v) is 10.0. The molecule has 0 bridgehead atoms. The number of hydrogen-bond acceptors (Lipinski definition) is 2. The van der Waals surface area contributed by atoms with Gasteiger partial charge in [0.25, 0.3) is 0 Å². The molecule has 26 heavy (non-hydrogen) atoms. The van der Waals surface area contributed by atoms with Crippen molar-refractivity contribution in [3.8, 4) is 0 Å². The van der Waals surface area contributed by atoms with Crippen LogP contribution in [0.25, 0.3) is 0 Å². The van der Waals surface area contributed by atoms with Gasteiger partial charge in [0.1, 0.15) is 29.3 Å². The predicted octanol–water partition coefficient (Wildman–Crippen LogP) is 4.65. The minimum atomic E-state index is -2.02. The summed E-state index contributed by atoms with van der Waals surface area (Å²) >= 11 is 1.48. The normalized spacial score (nSPS) is 11.3. The van der Waals surface area contributed by atoms with Crippen LogP contribution in [-0.2, 0) is 4.79 Å². The van der Waals surface area contributed by atoms with Crippen molar-refractivity contribution in [2.75, 3.05) is 11.9 Å².